The molecule has 4 aromatic carbocycles. The average molecular weight is 735 g/mol. The Morgan fingerprint density at radius 2 is 0.556 bits per heavy atom. The highest BCUT2D eigenvalue weighted by Gasteiger charge is 2.63. The molecule has 0 fully saturated rings. The molecule has 4 heterocycles. The Hall–Kier alpha value is -7.36. The highest BCUT2D eigenvalue weighted by molar-refractivity contribution is 6.20. The number of fused-ring (bicyclic) bond motifs is 4. The number of phenolic OH excluding ortho intramolecular Hbond substituents is 4. The van der Waals surface area contributed by atoms with E-state index in [9.17, 15) is 58.8 Å². The van der Waals surface area contributed by atoms with E-state index in [1.54, 1.807) is 0 Å². The van der Waals surface area contributed by atoms with Crippen molar-refractivity contribution in [1.29, 1.82) is 0 Å². The quantitative estimate of drug-likeness (QED) is 0.131. The number of benzene rings is 4. The summed E-state index contributed by atoms with van der Waals surface area (Å²) in [6.07, 6.45) is 0. The molecule has 0 aliphatic carbocycles. The van der Waals surface area contributed by atoms with Crippen LogP contribution in [0.1, 0.15) is 41.4 Å². The number of phenols is 4. The van der Waals surface area contributed by atoms with Crippen molar-refractivity contribution in [3.8, 4) is 46.0 Å². The second kappa shape index (κ2) is 12.1. The summed E-state index contributed by atoms with van der Waals surface area (Å²) in [5.41, 5.74) is -1.39. The second-order valence-electron chi connectivity index (χ2n) is 12.9. The first-order valence-electron chi connectivity index (χ1n) is 16.1. The molecule has 0 spiro atoms. The molecule has 4 aromatic rings. The first-order chi connectivity index (χ1) is 25.7. The zero-order valence-corrected chi connectivity index (χ0v) is 27.1. The molecule has 270 valence electrons. The lowest BCUT2D eigenvalue weighted by atomic mass is 9.58. The molecule has 8 rings (SSSR count). The summed E-state index contributed by atoms with van der Waals surface area (Å²) in [5.74, 6) is -27.5. The first-order valence-corrected chi connectivity index (χ1v) is 16.1. The Morgan fingerprint density at radius 1 is 0.352 bits per heavy atom. The van der Waals surface area contributed by atoms with Crippen molar-refractivity contribution >= 4 is 47.0 Å². The fourth-order valence-electron chi connectivity index (χ4n) is 7.58. The highest BCUT2D eigenvalue weighted by atomic mass is 16.6. The van der Waals surface area contributed by atoms with Crippen molar-refractivity contribution in [2.75, 3.05) is 0 Å². The van der Waals surface area contributed by atoms with Crippen LogP contribution in [0.5, 0.6) is 46.0 Å². The van der Waals surface area contributed by atoms with Crippen LogP contribution in [0.2, 0.25) is 0 Å². The van der Waals surface area contributed by atoms with Gasteiger partial charge < -0.3 is 39.4 Å². The predicted molar refractivity (Wildman–Crippen MR) is 173 cm³/mol. The van der Waals surface area contributed by atoms with E-state index in [0.717, 1.165) is 72.8 Å². The fraction of sp³-hybridized carbons (Fsp3) is 0.158. The Labute approximate surface area is 301 Å². The molecule has 4 unspecified atom stereocenters. The van der Waals surface area contributed by atoms with Crippen molar-refractivity contribution < 1.29 is 77.7 Å². The molecule has 0 saturated heterocycles. The lowest BCUT2D eigenvalue weighted by Gasteiger charge is -2.43. The van der Waals surface area contributed by atoms with Crippen LogP contribution >= 0.6 is 0 Å². The number of aromatic hydroxyl groups is 4. The molecule has 16 nitrogen and oxygen atoms in total. The highest BCUT2D eigenvalue weighted by Crippen LogP contribution is 2.51. The van der Waals surface area contributed by atoms with Crippen LogP contribution in [-0.2, 0) is 19.2 Å². The third-order valence-electron chi connectivity index (χ3n) is 9.89. The summed E-state index contributed by atoms with van der Waals surface area (Å²) in [6, 6.07) is 12.4. The Balaban J connectivity index is 1.40. The zero-order valence-electron chi connectivity index (χ0n) is 27.1. The zero-order chi connectivity index (χ0) is 38.3. The van der Waals surface area contributed by atoms with Crippen LogP contribution in [0.4, 0.5) is 0 Å². The normalized spacial score (nSPS) is 22.7. The molecule has 0 aromatic heterocycles. The molecule has 0 radical (unpaired) electrons. The number of esters is 4. The number of carbonyl (C=O) groups is 8. The van der Waals surface area contributed by atoms with Gasteiger partial charge in [-0.3, -0.25) is 38.4 Å². The predicted octanol–water partition coefficient (Wildman–Crippen LogP) is 2.71. The number of Topliss-reactive ketones (excluding diaryl/α,β-unsaturated/α-hetero) is 4. The van der Waals surface area contributed by atoms with Gasteiger partial charge in [-0.2, -0.15) is 0 Å². The van der Waals surface area contributed by atoms with Gasteiger partial charge in [-0.05, 0) is 48.5 Å². The molecule has 4 atom stereocenters. The minimum atomic E-state index is -2.31. The van der Waals surface area contributed by atoms with Crippen LogP contribution < -0.4 is 18.9 Å². The number of ketones is 4. The number of ether oxygens (including phenoxy) is 4. The van der Waals surface area contributed by atoms with Gasteiger partial charge in [0.25, 0.3) is 0 Å². The maximum atomic E-state index is 14.5. The van der Waals surface area contributed by atoms with Gasteiger partial charge in [-0.25, -0.2) is 0 Å². The number of carbonyl (C=O) groups excluding carboxylic acids is 8. The number of rotatable bonds is 5. The standard InChI is InChI=1S/C38H22O16/c39-13-1-5-17-21(9-13)51-35(47)27(31(17)43)25(28-32(44)18-6-2-14(40)10-22(18)52-36(28)48)26(29-33(45)19-7-3-15(41)11-23(19)53-37(29)49)30-34(46)20-8-4-16(42)12-24(20)54-38(30)50/h1-12,25-30,39-42H. The lowest BCUT2D eigenvalue weighted by Crippen LogP contribution is -2.58. The van der Waals surface area contributed by atoms with Gasteiger partial charge in [-0.1, -0.05) is 0 Å². The fourth-order valence-corrected chi connectivity index (χ4v) is 7.58. The summed E-state index contributed by atoms with van der Waals surface area (Å²) in [5, 5.41) is 40.1. The van der Waals surface area contributed by atoms with E-state index in [1.807, 2.05) is 0 Å². The monoisotopic (exact) mass is 734 g/mol. The summed E-state index contributed by atoms with van der Waals surface area (Å²) in [6.45, 7) is 0. The van der Waals surface area contributed by atoms with Crippen molar-refractivity contribution in [3.05, 3.63) is 95.1 Å². The topological polar surface area (TPSA) is 254 Å². The Kier molecular flexibility index (Phi) is 7.58. The summed E-state index contributed by atoms with van der Waals surface area (Å²) in [7, 11) is 0. The third kappa shape index (κ3) is 5.14. The molecule has 0 amide bonds. The third-order valence-corrected chi connectivity index (χ3v) is 9.89. The van der Waals surface area contributed by atoms with Gasteiger partial charge in [-0.15, -0.1) is 0 Å². The minimum Gasteiger partial charge on any atom is -0.508 e. The largest absolute Gasteiger partial charge is 0.508 e. The van der Waals surface area contributed by atoms with E-state index in [1.165, 1.54) is 0 Å². The molecular formula is C38H22O16. The molecule has 54 heavy (non-hydrogen) atoms. The molecule has 4 N–H and O–H groups in total. The minimum absolute atomic E-state index is 0.347. The Morgan fingerprint density at radius 3 is 0.759 bits per heavy atom. The van der Waals surface area contributed by atoms with Crippen LogP contribution in [0.15, 0.2) is 72.8 Å². The smallest absolute Gasteiger partial charge is 0.322 e. The second-order valence-corrected chi connectivity index (χ2v) is 12.9. The molecule has 0 bridgehead atoms. The van der Waals surface area contributed by atoms with E-state index in [4.69, 9.17) is 18.9 Å². The molecule has 4 aliphatic rings. The van der Waals surface area contributed by atoms with Crippen molar-refractivity contribution in [3.63, 3.8) is 0 Å². The van der Waals surface area contributed by atoms with Crippen LogP contribution in [0.25, 0.3) is 0 Å². The van der Waals surface area contributed by atoms with E-state index >= 15 is 0 Å². The van der Waals surface area contributed by atoms with Gasteiger partial charge >= 0.3 is 23.9 Å². The van der Waals surface area contributed by atoms with E-state index < -0.39 is 129 Å². The van der Waals surface area contributed by atoms with Crippen molar-refractivity contribution in [2.45, 2.75) is 0 Å². The molecule has 16 heteroatoms. The SMILES string of the molecule is O=C1Oc2cc(O)ccc2C(=O)C1C(C1C(=O)Oc2cc(O)ccc2C1=O)C(C1C(=O)Oc2cc(O)ccc2C1=O)C1C(=O)Oc2cc(O)ccc2C1=O. The van der Waals surface area contributed by atoms with E-state index in [0.29, 0.717) is 0 Å². The van der Waals surface area contributed by atoms with Crippen LogP contribution in [0.3, 0.4) is 0 Å². The summed E-state index contributed by atoms with van der Waals surface area (Å²) >= 11 is 0. The van der Waals surface area contributed by atoms with Gasteiger partial charge in [0.2, 0.25) is 0 Å². The van der Waals surface area contributed by atoms with Gasteiger partial charge in [0, 0.05) is 36.1 Å². The van der Waals surface area contributed by atoms with Gasteiger partial charge in [0.1, 0.15) is 69.7 Å². The van der Waals surface area contributed by atoms with Crippen molar-refractivity contribution in [2.24, 2.45) is 35.5 Å². The molecule has 4 aliphatic heterocycles. The number of hydrogen-bond donors (Lipinski definition) is 4. The van der Waals surface area contributed by atoms with Gasteiger partial charge in [0.05, 0.1) is 22.3 Å². The Bertz CT molecular complexity index is 2110. The van der Waals surface area contributed by atoms with Crippen molar-refractivity contribution in [1.82, 2.24) is 0 Å². The average Bonchev–Trinajstić information content (AvgIpc) is 3.09. The van der Waals surface area contributed by atoms with E-state index in [-0.39, 0.29) is 22.3 Å². The summed E-state index contributed by atoms with van der Waals surface area (Å²) in [4.78, 5) is 114. The van der Waals surface area contributed by atoms with Gasteiger partial charge in [0.15, 0.2) is 23.1 Å². The maximum Gasteiger partial charge on any atom is 0.322 e. The van der Waals surface area contributed by atoms with Crippen LogP contribution in [0, 0.1) is 35.5 Å². The summed E-state index contributed by atoms with van der Waals surface area (Å²) < 4.78 is 21.7. The van der Waals surface area contributed by atoms with Crippen LogP contribution in [-0.4, -0.2) is 67.4 Å². The number of hydrogen-bond acceptors (Lipinski definition) is 16. The lowest BCUT2D eigenvalue weighted by molar-refractivity contribution is -0.155. The molecule has 0 saturated carbocycles. The van der Waals surface area contributed by atoms with E-state index in [2.05, 4.69) is 0 Å². The maximum absolute atomic E-state index is 14.5. The first kappa shape index (κ1) is 33.8. The molecular weight excluding hydrogens is 712 g/mol.